The first kappa shape index (κ1) is 21.4. The summed E-state index contributed by atoms with van der Waals surface area (Å²) in [6.07, 6.45) is 1.82. The fraction of sp³-hybridized carbons (Fsp3) is 0.458. The molecule has 166 valence electrons. The quantitative estimate of drug-likeness (QED) is 0.754. The molecule has 2 aromatic rings. The van der Waals surface area contributed by atoms with Gasteiger partial charge in [0.1, 0.15) is 11.6 Å². The molecule has 6 nitrogen and oxygen atoms in total. The van der Waals surface area contributed by atoms with Crippen LogP contribution in [0.3, 0.4) is 0 Å². The number of carbonyl (C=O) groups excluding carboxylic acids is 1. The Morgan fingerprint density at radius 1 is 1.06 bits per heavy atom. The molecule has 0 aliphatic carbocycles. The molecular weight excluding hydrogens is 397 g/mol. The molecule has 0 saturated carbocycles. The Balaban J connectivity index is 1.33. The van der Waals surface area contributed by atoms with E-state index in [1.165, 1.54) is 11.6 Å². The van der Waals surface area contributed by atoms with Crippen molar-refractivity contribution in [1.29, 1.82) is 0 Å². The summed E-state index contributed by atoms with van der Waals surface area (Å²) in [5.74, 6) is 0.293. The second kappa shape index (κ2) is 9.14. The number of anilines is 2. The number of hydrogen-bond donors (Lipinski definition) is 2. The van der Waals surface area contributed by atoms with Gasteiger partial charge in [-0.15, -0.1) is 0 Å². The highest BCUT2D eigenvalue weighted by Gasteiger charge is 2.26. The molecule has 0 spiro atoms. The van der Waals surface area contributed by atoms with Crippen LogP contribution >= 0.6 is 0 Å². The maximum Gasteiger partial charge on any atom is 0.321 e. The van der Waals surface area contributed by atoms with E-state index in [0.717, 1.165) is 12.8 Å². The first-order valence-electron chi connectivity index (χ1n) is 10.9. The van der Waals surface area contributed by atoms with Gasteiger partial charge in [-0.1, -0.05) is 12.1 Å². The highest BCUT2D eigenvalue weighted by atomic mass is 19.1. The zero-order valence-corrected chi connectivity index (χ0v) is 18.1. The van der Waals surface area contributed by atoms with Crippen molar-refractivity contribution in [1.82, 2.24) is 4.90 Å². The maximum atomic E-state index is 14.8. The average molecular weight is 428 g/mol. The predicted molar refractivity (Wildman–Crippen MR) is 119 cm³/mol. The van der Waals surface area contributed by atoms with E-state index < -0.39 is 0 Å². The van der Waals surface area contributed by atoms with Crippen molar-refractivity contribution >= 4 is 17.4 Å². The van der Waals surface area contributed by atoms with Crippen LogP contribution in [-0.2, 0) is 4.74 Å². The molecule has 2 aliphatic heterocycles. The SMILES string of the molecule is CC1CN(c2ccc(NC(=O)N3CCC(c4ccc(O)cc4)CC3)cc2F)CC(C)O1. The maximum absolute atomic E-state index is 14.8. The lowest BCUT2D eigenvalue weighted by Crippen LogP contribution is -2.45. The topological polar surface area (TPSA) is 65.0 Å². The Bertz CT molecular complexity index is 903. The molecule has 2 heterocycles. The van der Waals surface area contributed by atoms with Crippen LogP contribution in [0.25, 0.3) is 0 Å². The molecule has 0 aromatic heterocycles. The highest BCUT2D eigenvalue weighted by Crippen LogP contribution is 2.30. The van der Waals surface area contributed by atoms with Crippen LogP contribution in [0.1, 0.15) is 38.2 Å². The third-order valence-electron chi connectivity index (χ3n) is 6.11. The molecule has 31 heavy (non-hydrogen) atoms. The second-order valence-corrected chi connectivity index (χ2v) is 8.61. The number of ether oxygens (including phenoxy) is 1. The van der Waals surface area contributed by atoms with E-state index in [9.17, 15) is 14.3 Å². The lowest BCUT2D eigenvalue weighted by molar-refractivity contribution is -0.00539. The Morgan fingerprint density at radius 2 is 1.71 bits per heavy atom. The third kappa shape index (κ3) is 5.10. The molecule has 0 radical (unpaired) electrons. The Kier molecular flexibility index (Phi) is 6.32. The number of morpholine rings is 1. The standard InChI is InChI=1S/C24H30FN3O3/c1-16-14-28(15-17(2)31-16)23-8-5-20(13-22(23)25)26-24(30)27-11-9-19(10-12-27)18-3-6-21(29)7-4-18/h3-8,13,16-17,19,29H,9-12,14-15H2,1-2H3,(H,26,30). The smallest absolute Gasteiger partial charge is 0.321 e. The van der Waals surface area contributed by atoms with Crippen molar-refractivity contribution in [2.75, 3.05) is 36.4 Å². The Labute approximate surface area is 182 Å². The molecule has 2 N–H and O–H groups in total. The molecule has 2 amide bonds. The first-order valence-corrected chi connectivity index (χ1v) is 10.9. The molecule has 2 unspecified atom stereocenters. The van der Waals surface area contributed by atoms with Gasteiger partial charge < -0.3 is 25.0 Å². The second-order valence-electron chi connectivity index (χ2n) is 8.61. The van der Waals surface area contributed by atoms with Crippen molar-refractivity contribution in [2.24, 2.45) is 0 Å². The molecule has 0 bridgehead atoms. The van der Waals surface area contributed by atoms with Gasteiger partial charge in [-0.3, -0.25) is 0 Å². The van der Waals surface area contributed by atoms with Crippen molar-refractivity contribution in [3.63, 3.8) is 0 Å². The van der Waals surface area contributed by atoms with Crippen LogP contribution in [0.2, 0.25) is 0 Å². The van der Waals surface area contributed by atoms with Crippen LogP contribution in [0.4, 0.5) is 20.6 Å². The number of phenolic OH excluding ortho intramolecular Hbond substituents is 1. The Morgan fingerprint density at radius 3 is 2.32 bits per heavy atom. The fourth-order valence-electron chi connectivity index (χ4n) is 4.58. The summed E-state index contributed by atoms with van der Waals surface area (Å²) < 4.78 is 20.5. The van der Waals surface area contributed by atoms with Crippen LogP contribution in [0, 0.1) is 5.82 Å². The summed E-state index contributed by atoms with van der Waals surface area (Å²) in [6.45, 7) is 6.54. The van der Waals surface area contributed by atoms with Crippen LogP contribution in [-0.4, -0.2) is 54.4 Å². The summed E-state index contributed by atoms with van der Waals surface area (Å²) >= 11 is 0. The number of nitrogens with one attached hydrogen (secondary N) is 1. The molecule has 4 rings (SSSR count). The van der Waals surface area contributed by atoms with E-state index in [4.69, 9.17) is 4.74 Å². The molecule has 2 aromatic carbocycles. The van der Waals surface area contributed by atoms with Crippen LogP contribution < -0.4 is 10.2 Å². The van der Waals surface area contributed by atoms with Crippen molar-refractivity contribution in [3.05, 3.63) is 53.8 Å². The number of urea groups is 1. The number of phenols is 1. The van der Waals surface area contributed by atoms with Gasteiger partial charge in [0.25, 0.3) is 0 Å². The number of piperidine rings is 1. The van der Waals surface area contributed by atoms with Crippen LogP contribution in [0.5, 0.6) is 5.75 Å². The molecule has 2 aliphatic rings. The van der Waals surface area contributed by atoms with Crippen molar-refractivity contribution in [2.45, 2.75) is 44.8 Å². The summed E-state index contributed by atoms with van der Waals surface area (Å²) in [5.41, 5.74) is 2.18. The Hall–Kier alpha value is -2.80. The fourth-order valence-corrected chi connectivity index (χ4v) is 4.58. The van der Waals surface area contributed by atoms with Gasteiger partial charge in [-0.2, -0.15) is 0 Å². The summed E-state index contributed by atoms with van der Waals surface area (Å²) in [5, 5.41) is 12.3. The minimum Gasteiger partial charge on any atom is -0.508 e. The summed E-state index contributed by atoms with van der Waals surface area (Å²) in [7, 11) is 0. The average Bonchev–Trinajstić information content (AvgIpc) is 2.74. The molecule has 2 saturated heterocycles. The normalized spacial score (nSPS) is 22.4. The van der Waals surface area contributed by atoms with Crippen LogP contribution in [0.15, 0.2) is 42.5 Å². The number of nitrogens with zero attached hydrogens (tertiary/aromatic N) is 2. The van der Waals surface area contributed by atoms with Crippen molar-refractivity contribution < 1.29 is 19.0 Å². The summed E-state index contributed by atoms with van der Waals surface area (Å²) in [4.78, 5) is 16.4. The minimum absolute atomic E-state index is 0.0482. The van der Waals surface area contributed by atoms with Gasteiger partial charge in [-0.25, -0.2) is 9.18 Å². The molecule has 2 atom stereocenters. The number of amides is 2. The largest absolute Gasteiger partial charge is 0.508 e. The zero-order chi connectivity index (χ0) is 22.0. The number of benzene rings is 2. The predicted octanol–water partition coefficient (Wildman–Crippen LogP) is 4.56. The van der Waals surface area contributed by atoms with Gasteiger partial charge in [0.2, 0.25) is 0 Å². The lowest BCUT2D eigenvalue weighted by atomic mass is 9.89. The minimum atomic E-state index is -0.342. The number of rotatable bonds is 3. The number of carbonyl (C=O) groups is 1. The molecule has 7 heteroatoms. The number of halogens is 1. The van der Waals surface area contributed by atoms with E-state index in [1.54, 1.807) is 29.2 Å². The highest BCUT2D eigenvalue weighted by molar-refractivity contribution is 5.89. The van der Waals surface area contributed by atoms with Gasteiger partial charge in [0.05, 0.1) is 17.9 Å². The van der Waals surface area contributed by atoms with E-state index in [1.807, 2.05) is 30.9 Å². The number of likely N-dealkylation sites (tertiary alicyclic amines) is 1. The van der Waals surface area contributed by atoms with Gasteiger partial charge in [0, 0.05) is 31.9 Å². The van der Waals surface area contributed by atoms with E-state index in [2.05, 4.69) is 5.32 Å². The third-order valence-corrected chi connectivity index (χ3v) is 6.11. The van der Waals surface area contributed by atoms with Crippen molar-refractivity contribution in [3.8, 4) is 5.75 Å². The lowest BCUT2D eigenvalue weighted by Gasteiger charge is -2.37. The first-order chi connectivity index (χ1) is 14.9. The van der Waals surface area contributed by atoms with E-state index >= 15 is 0 Å². The number of aromatic hydroxyl groups is 1. The van der Waals surface area contributed by atoms with E-state index in [-0.39, 0.29) is 29.8 Å². The molecule has 2 fully saturated rings. The number of hydrogen-bond acceptors (Lipinski definition) is 4. The monoisotopic (exact) mass is 427 g/mol. The van der Waals surface area contributed by atoms with Gasteiger partial charge in [0.15, 0.2) is 0 Å². The van der Waals surface area contributed by atoms with E-state index in [0.29, 0.717) is 43.5 Å². The molecular formula is C24H30FN3O3. The summed E-state index contributed by atoms with van der Waals surface area (Å²) in [6, 6.07) is 11.9. The van der Waals surface area contributed by atoms with Gasteiger partial charge >= 0.3 is 6.03 Å². The van der Waals surface area contributed by atoms with Gasteiger partial charge in [-0.05, 0) is 68.5 Å². The zero-order valence-electron chi connectivity index (χ0n) is 18.1.